The van der Waals surface area contributed by atoms with Gasteiger partial charge in [-0.1, -0.05) is 42.5 Å². The Balaban J connectivity index is 2.28. The molecular weight excluding hydrogens is 240 g/mol. The molecular formula is C17H19Cl. The van der Waals surface area contributed by atoms with E-state index in [4.69, 9.17) is 11.6 Å². The lowest BCUT2D eigenvalue weighted by molar-refractivity contribution is 0.892. The molecule has 0 saturated carbocycles. The zero-order valence-electron chi connectivity index (χ0n) is 11.2. The number of hydrogen-bond donors (Lipinski definition) is 0. The molecule has 1 atom stereocenters. The van der Waals surface area contributed by atoms with Crippen LogP contribution in [0.4, 0.5) is 0 Å². The van der Waals surface area contributed by atoms with E-state index < -0.39 is 0 Å². The van der Waals surface area contributed by atoms with Gasteiger partial charge in [0.25, 0.3) is 0 Å². The third-order valence-electron chi connectivity index (χ3n) is 3.52. The molecule has 0 aliphatic carbocycles. The van der Waals surface area contributed by atoms with Gasteiger partial charge in [-0.15, -0.1) is 11.6 Å². The Kier molecular flexibility index (Phi) is 4.08. The van der Waals surface area contributed by atoms with E-state index in [-0.39, 0.29) is 5.38 Å². The molecule has 0 radical (unpaired) electrons. The van der Waals surface area contributed by atoms with Gasteiger partial charge in [0.1, 0.15) is 0 Å². The Labute approximate surface area is 115 Å². The van der Waals surface area contributed by atoms with Crippen LogP contribution in [-0.2, 0) is 6.42 Å². The van der Waals surface area contributed by atoms with Gasteiger partial charge in [0.15, 0.2) is 0 Å². The van der Waals surface area contributed by atoms with Crippen molar-refractivity contribution in [1.82, 2.24) is 0 Å². The van der Waals surface area contributed by atoms with Crippen LogP contribution in [0.2, 0.25) is 0 Å². The lowest BCUT2D eigenvalue weighted by atomic mass is 9.94. The number of rotatable bonds is 3. The van der Waals surface area contributed by atoms with E-state index in [2.05, 4.69) is 63.2 Å². The van der Waals surface area contributed by atoms with Gasteiger partial charge in [-0.25, -0.2) is 0 Å². The number of halogens is 1. The quantitative estimate of drug-likeness (QED) is 0.669. The van der Waals surface area contributed by atoms with Crippen LogP contribution in [0.25, 0.3) is 0 Å². The molecule has 18 heavy (non-hydrogen) atoms. The average molecular weight is 259 g/mol. The van der Waals surface area contributed by atoms with Gasteiger partial charge in [0.05, 0.1) is 5.38 Å². The van der Waals surface area contributed by atoms with Gasteiger partial charge in [-0.2, -0.15) is 0 Å². The van der Waals surface area contributed by atoms with Gasteiger partial charge in [-0.05, 0) is 55.0 Å². The van der Waals surface area contributed by atoms with Crippen LogP contribution in [0.15, 0.2) is 42.5 Å². The first kappa shape index (κ1) is 13.2. The standard InChI is InChI=1S/C17H19Cl/c1-12-7-4-5-10-15(12)11-16(18)17-13(2)8-6-9-14(17)3/h4-10,16H,11H2,1-3H3. The largest absolute Gasteiger partial charge is 0.117 e. The Morgan fingerprint density at radius 2 is 1.39 bits per heavy atom. The molecule has 2 aromatic carbocycles. The second-order valence-electron chi connectivity index (χ2n) is 4.90. The molecule has 0 N–H and O–H groups in total. The summed E-state index contributed by atoms with van der Waals surface area (Å²) in [6.07, 6.45) is 0.889. The maximum atomic E-state index is 6.62. The number of alkyl halides is 1. The van der Waals surface area contributed by atoms with Gasteiger partial charge in [-0.3, -0.25) is 0 Å². The smallest absolute Gasteiger partial charge is 0.0630 e. The van der Waals surface area contributed by atoms with Crippen LogP contribution in [0, 0.1) is 20.8 Å². The summed E-state index contributed by atoms with van der Waals surface area (Å²) in [4.78, 5) is 0. The molecule has 1 unspecified atom stereocenters. The van der Waals surface area contributed by atoms with E-state index in [0.717, 1.165) is 6.42 Å². The first-order chi connectivity index (χ1) is 8.59. The molecule has 0 aromatic heterocycles. The Bertz CT molecular complexity index is 523. The molecule has 0 aliphatic rings. The van der Waals surface area contributed by atoms with E-state index in [1.165, 1.54) is 27.8 Å². The number of benzene rings is 2. The second-order valence-corrected chi connectivity index (χ2v) is 5.43. The molecule has 94 valence electrons. The lowest BCUT2D eigenvalue weighted by Gasteiger charge is -2.16. The zero-order valence-corrected chi connectivity index (χ0v) is 12.0. The molecule has 0 heterocycles. The minimum atomic E-state index is 0.0484. The molecule has 0 fully saturated rings. The molecule has 2 rings (SSSR count). The summed E-state index contributed by atoms with van der Waals surface area (Å²) >= 11 is 6.62. The Morgan fingerprint density at radius 1 is 0.833 bits per heavy atom. The number of aryl methyl sites for hydroxylation is 3. The highest BCUT2D eigenvalue weighted by molar-refractivity contribution is 6.21. The first-order valence-electron chi connectivity index (χ1n) is 6.34. The molecule has 0 bridgehead atoms. The fourth-order valence-electron chi connectivity index (χ4n) is 2.46. The van der Waals surface area contributed by atoms with Gasteiger partial charge in [0.2, 0.25) is 0 Å². The van der Waals surface area contributed by atoms with E-state index in [1.807, 2.05) is 0 Å². The maximum Gasteiger partial charge on any atom is 0.0630 e. The third-order valence-corrected chi connectivity index (χ3v) is 3.89. The molecule has 2 aromatic rings. The molecule has 0 spiro atoms. The van der Waals surface area contributed by atoms with E-state index in [1.54, 1.807) is 0 Å². The summed E-state index contributed by atoms with van der Waals surface area (Å²) in [5.74, 6) is 0. The molecule has 1 heteroatoms. The molecule has 0 nitrogen and oxygen atoms in total. The minimum absolute atomic E-state index is 0.0484. The van der Waals surface area contributed by atoms with Crippen molar-refractivity contribution in [1.29, 1.82) is 0 Å². The van der Waals surface area contributed by atoms with E-state index >= 15 is 0 Å². The van der Waals surface area contributed by atoms with Crippen LogP contribution >= 0.6 is 11.6 Å². The van der Waals surface area contributed by atoms with Crippen molar-refractivity contribution >= 4 is 11.6 Å². The summed E-state index contributed by atoms with van der Waals surface area (Å²) in [5, 5.41) is 0.0484. The Hall–Kier alpha value is -1.27. The third kappa shape index (κ3) is 2.76. The van der Waals surface area contributed by atoms with E-state index in [9.17, 15) is 0 Å². The van der Waals surface area contributed by atoms with Gasteiger partial charge >= 0.3 is 0 Å². The topological polar surface area (TPSA) is 0 Å². The lowest BCUT2D eigenvalue weighted by Crippen LogP contribution is -2.02. The highest BCUT2D eigenvalue weighted by Gasteiger charge is 2.14. The van der Waals surface area contributed by atoms with Crippen molar-refractivity contribution in [2.75, 3.05) is 0 Å². The molecule has 0 aliphatic heterocycles. The van der Waals surface area contributed by atoms with Crippen molar-refractivity contribution in [3.05, 3.63) is 70.3 Å². The summed E-state index contributed by atoms with van der Waals surface area (Å²) in [5.41, 5.74) is 6.49. The van der Waals surface area contributed by atoms with E-state index in [0.29, 0.717) is 0 Å². The van der Waals surface area contributed by atoms with Crippen molar-refractivity contribution in [3.63, 3.8) is 0 Å². The maximum absolute atomic E-state index is 6.62. The predicted molar refractivity (Wildman–Crippen MR) is 79.4 cm³/mol. The van der Waals surface area contributed by atoms with Crippen molar-refractivity contribution in [2.45, 2.75) is 32.6 Å². The Morgan fingerprint density at radius 3 is 2.00 bits per heavy atom. The fourth-order valence-corrected chi connectivity index (χ4v) is 2.97. The highest BCUT2D eigenvalue weighted by Crippen LogP contribution is 2.30. The molecule has 0 saturated heterocycles. The van der Waals surface area contributed by atoms with Crippen LogP contribution in [0.1, 0.15) is 33.2 Å². The first-order valence-corrected chi connectivity index (χ1v) is 6.78. The van der Waals surface area contributed by atoms with Crippen molar-refractivity contribution < 1.29 is 0 Å². The summed E-state index contributed by atoms with van der Waals surface area (Å²) in [7, 11) is 0. The predicted octanol–water partition coefficient (Wildman–Crippen LogP) is 5.13. The van der Waals surface area contributed by atoms with Gasteiger partial charge in [0, 0.05) is 0 Å². The SMILES string of the molecule is Cc1ccccc1CC(Cl)c1c(C)cccc1C. The van der Waals surface area contributed by atoms with Crippen molar-refractivity contribution in [3.8, 4) is 0 Å². The van der Waals surface area contributed by atoms with Crippen molar-refractivity contribution in [2.24, 2.45) is 0 Å². The van der Waals surface area contributed by atoms with Crippen LogP contribution in [-0.4, -0.2) is 0 Å². The number of hydrogen-bond acceptors (Lipinski definition) is 0. The normalized spacial score (nSPS) is 12.4. The second kappa shape index (κ2) is 5.58. The van der Waals surface area contributed by atoms with Crippen LogP contribution in [0.5, 0.6) is 0 Å². The minimum Gasteiger partial charge on any atom is -0.117 e. The van der Waals surface area contributed by atoms with Crippen LogP contribution < -0.4 is 0 Å². The zero-order chi connectivity index (χ0) is 13.1. The molecule has 0 amide bonds. The monoisotopic (exact) mass is 258 g/mol. The van der Waals surface area contributed by atoms with Gasteiger partial charge < -0.3 is 0 Å². The highest BCUT2D eigenvalue weighted by atomic mass is 35.5. The average Bonchev–Trinajstić information content (AvgIpc) is 2.32. The summed E-state index contributed by atoms with van der Waals surface area (Å²) in [6.45, 7) is 6.41. The summed E-state index contributed by atoms with van der Waals surface area (Å²) < 4.78 is 0. The van der Waals surface area contributed by atoms with Crippen LogP contribution in [0.3, 0.4) is 0 Å². The fraction of sp³-hybridized carbons (Fsp3) is 0.294. The summed E-state index contributed by atoms with van der Waals surface area (Å²) in [6, 6.07) is 14.8.